The number of hydrogen-bond acceptors (Lipinski definition) is 4. The minimum atomic E-state index is -0.971. The number of hydrogen-bond donors (Lipinski definition) is 1. The van der Waals surface area contributed by atoms with E-state index in [-0.39, 0.29) is 5.56 Å². The van der Waals surface area contributed by atoms with Crippen LogP contribution in [0.3, 0.4) is 0 Å². The van der Waals surface area contributed by atoms with Gasteiger partial charge in [-0.1, -0.05) is 20.3 Å². The fraction of sp³-hybridized carbons (Fsp3) is 0.571. The van der Waals surface area contributed by atoms with E-state index < -0.39 is 5.97 Å². The molecule has 0 bridgehead atoms. The molecule has 0 radical (unpaired) electrons. The quantitative estimate of drug-likeness (QED) is 0.696. The molecule has 1 aromatic rings. The molecule has 0 amide bonds. The van der Waals surface area contributed by atoms with Gasteiger partial charge in [-0.05, 0) is 18.9 Å². The van der Waals surface area contributed by atoms with E-state index >= 15 is 0 Å². The van der Waals surface area contributed by atoms with E-state index in [0.717, 1.165) is 19.4 Å². The fourth-order valence-corrected chi connectivity index (χ4v) is 1.49. The van der Waals surface area contributed by atoms with Gasteiger partial charge in [-0.15, -0.1) is 0 Å². The number of carboxylic acids is 1. The van der Waals surface area contributed by atoms with Crippen molar-refractivity contribution in [1.82, 2.24) is 4.98 Å². The Hall–Kier alpha value is -1.62. The van der Waals surface area contributed by atoms with Crippen molar-refractivity contribution in [2.75, 3.05) is 19.8 Å². The van der Waals surface area contributed by atoms with Gasteiger partial charge in [0.15, 0.2) is 0 Å². The molecule has 106 valence electrons. The number of nitrogens with zero attached hydrogens (tertiary/aromatic N) is 1. The molecule has 0 fully saturated rings. The summed E-state index contributed by atoms with van der Waals surface area (Å²) in [7, 11) is 0. The van der Waals surface area contributed by atoms with Crippen molar-refractivity contribution in [2.24, 2.45) is 0 Å². The Bertz CT molecular complexity index is 406. The predicted molar refractivity (Wildman–Crippen MR) is 71.8 cm³/mol. The standard InChI is InChI=1S/C14H21NO4/c1-3-5-6-18-7-8-19-13-10-11(14(16)17)9-12(4-2)15-13/h9-10H,3-8H2,1-2H3,(H,16,17). The Morgan fingerprint density at radius 3 is 2.68 bits per heavy atom. The third-order valence-electron chi connectivity index (χ3n) is 2.58. The van der Waals surface area contributed by atoms with Gasteiger partial charge in [0.1, 0.15) is 6.61 Å². The van der Waals surface area contributed by atoms with Gasteiger partial charge in [0, 0.05) is 18.4 Å². The van der Waals surface area contributed by atoms with Crippen molar-refractivity contribution in [3.05, 3.63) is 23.4 Å². The highest BCUT2D eigenvalue weighted by Crippen LogP contribution is 2.13. The molecule has 0 aliphatic rings. The first kappa shape index (κ1) is 15.4. The Balaban J connectivity index is 2.48. The van der Waals surface area contributed by atoms with Gasteiger partial charge in [-0.2, -0.15) is 0 Å². The molecule has 5 nitrogen and oxygen atoms in total. The molecule has 0 aromatic carbocycles. The van der Waals surface area contributed by atoms with Gasteiger partial charge in [0.25, 0.3) is 0 Å². The van der Waals surface area contributed by atoms with Crippen LogP contribution in [0.1, 0.15) is 42.7 Å². The number of aryl methyl sites for hydroxylation is 1. The monoisotopic (exact) mass is 267 g/mol. The summed E-state index contributed by atoms with van der Waals surface area (Å²) >= 11 is 0. The largest absolute Gasteiger partial charge is 0.478 e. The number of aromatic carboxylic acids is 1. The van der Waals surface area contributed by atoms with Gasteiger partial charge >= 0.3 is 5.97 Å². The van der Waals surface area contributed by atoms with Crippen LogP contribution in [0.25, 0.3) is 0 Å². The molecule has 1 heterocycles. The summed E-state index contributed by atoms with van der Waals surface area (Å²) in [6, 6.07) is 3.00. The third-order valence-corrected chi connectivity index (χ3v) is 2.58. The molecular formula is C14H21NO4. The summed E-state index contributed by atoms with van der Waals surface area (Å²) in [6.45, 7) is 5.62. The smallest absolute Gasteiger partial charge is 0.335 e. The summed E-state index contributed by atoms with van der Waals surface area (Å²) in [4.78, 5) is 15.2. The van der Waals surface area contributed by atoms with E-state index in [1.165, 1.54) is 6.07 Å². The van der Waals surface area contributed by atoms with E-state index in [0.29, 0.717) is 31.2 Å². The number of carboxylic acid groups (broad SMARTS) is 1. The zero-order chi connectivity index (χ0) is 14.1. The second-order valence-electron chi connectivity index (χ2n) is 4.16. The minimum Gasteiger partial charge on any atom is -0.478 e. The first-order chi connectivity index (χ1) is 9.17. The number of pyridine rings is 1. The number of unbranched alkanes of at least 4 members (excludes halogenated alkanes) is 1. The van der Waals surface area contributed by atoms with Gasteiger partial charge in [-0.25, -0.2) is 9.78 Å². The number of aromatic nitrogens is 1. The topological polar surface area (TPSA) is 68.7 Å². The summed E-state index contributed by atoms with van der Waals surface area (Å²) < 4.78 is 10.8. The molecule has 0 saturated heterocycles. The molecule has 0 saturated carbocycles. The van der Waals surface area contributed by atoms with Gasteiger partial charge in [0.05, 0.1) is 12.2 Å². The lowest BCUT2D eigenvalue weighted by molar-refractivity contribution is 0.0695. The van der Waals surface area contributed by atoms with Crippen LogP contribution < -0.4 is 4.74 Å². The summed E-state index contributed by atoms with van der Waals surface area (Å²) in [6.07, 6.45) is 2.81. The number of carbonyl (C=O) groups is 1. The van der Waals surface area contributed by atoms with Crippen LogP contribution in [0, 0.1) is 0 Å². The molecule has 0 atom stereocenters. The first-order valence-electron chi connectivity index (χ1n) is 6.62. The van der Waals surface area contributed by atoms with Crippen LogP contribution in [0.4, 0.5) is 0 Å². The van der Waals surface area contributed by atoms with Crippen molar-refractivity contribution in [3.8, 4) is 5.88 Å². The fourth-order valence-electron chi connectivity index (χ4n) is 1.49. The Labute approximate surface area is 113 Å². The lowest BCUT2D eigenvalue weighted by atomic mass is 10.2. The molecule has 19 heavy (non-hydrogen) atoms. The van der Waals surface area contributed by atoms with Crippen molar-refractivity contribution >= 4 is 5.97 Å². The summed E-state index contributed by atoms with van der Waals surface area (Å²) in [5.41, 5.74) is 0.913. The highest BCUT2D eigenvalue weighted by Gasteiger charge is 2.08. The summed E-state index contributed by atoms with van der Waals surface area (Å²) in [5.74, 6) is -0.628. The second kappa shape index (κ2) is 8.48. The maximum Gasteiger partial charge on any atom is 0.335 e. The predicted octanol–water partition coefficient (Wildman–Crippen LogP) is 2.54. The van der Waals surface area contributed by atoms with Crippen LogP contribution in [0.5, 0.6) is 5.88 Å². The first-order valence-corrected chi connectivity index (χ1v) is 6.62. The van der Waals surface area contributed by atoms with Crippen molar-refractivity contribution in [3.63, 3.8) is 0 Å². The molecule has 0 aliphatic heterocycles. The van der Waals surface area contributed by atoms with E-state index in [4.69, 9.17) is 14.6 Å². The maximum absolute atomic E-state index is 11.0. The normalized spacial score (nSPS) is 10.4. The van der Waals surface area contributed by atoms with Crippen molar-refractivity contribution < 1.29 is 19.4 Å². The number of rotatable bonds is 9. The van der Waals surface area contributed by atoms with Crippen molar-refractivity contribution in [2.45, 2.75) is 33.1 Å². The van der Waals surface area contributed by atoms with Gasteiger partial charge in [0.2, 0.25) is 5.88 Å². The molecule has 0 spiro atoms. The van der Waals surface area contributed by atoms with E-state index in [1.54, 1.807) is 6.07 Å². The van der Waals surface area contributed by atoms with E-state index in [9.17, 15) is 4.79 Å². The zero-order valence-corrected chi connectivity index (χ0v) is 11.5. The molecule has 0 unspecified atom stereocenters. The maximum atomic E-state index is 11.0. The molecular weight excluding hydrogens is 246 g/mol. The summed E-state index contributed by atoms with van der Waals surface area (Å²) in [5, 5.41) is 8.99. The second-order valence-corrected chi connectivity index (χ2v) is 4.16. The van der Waals surface area contributed by atoms with Crippen molar-refractivity contribution in [1.29, 1.82) is 0 Å². The van der Waals surface area contributed by atoms with E-state index in [1.807, 2.05) is 6.92 Å². The Kier molecular flexibility index (Phi) is 6.89. The zero-order valence-electron chi connectivity index (χ0n) is 11.5. The Morgan fingerprint density at radius 1 is 1.26 bits per heavy atom. The lowest BCUT2D eigenvalue weighted by Gasteiger charge is -2.08. The van der Waals surface area contributed by atoms with E-state index in [2.05, 4.69) is 11.9 Å². The van der Waals surface area contributed by atoms with Crippen LogP contribution >= 0.6 is 0 Å². The average molecular weight is 267 g/mol. The Morgan fingerprint density at radius 2 is 2.05 bits per heavy atom. The van der Waals surface area contributed by atoms with Gasteiger partial charge in [-0.3, -0.25) is 0 Å². The van der Waals surface area contributed by atoms with Crippen LogP contribution in [-0.2, 0) is 11.2 Å². The molecule has 1 rings (SSSR count). The molecule has 0 aliphatic carbocycles. The third kappa shape index (κ3) is 5.70. The molecule has 5 heteroatoms. The molecule has 1 aromatic heterocycles. The lowest BCUT2D eigenvalue weighted by Crippen LogP contribution is -2.09. The SMILES string of the molecule is CCCCOCCOc1cc(C(=O)O)cc(CC)n1. The van der Waals surface area contributed by atoms with Crippen LogP contribution in [0.15, 0.2) is 12.1 Å². The van der Waals surface area contributed by atoms with Crippen LogP contribution in [0.2, 0.25) is 0 Å². The highest BCUT2D eigenvalue weighted by atomic mass is 16.5. The highest BCUT2D eigenvalue weighted by molar-refractivity contribution is 5.88. The number of ether oxygens (including phenoxy) is 2. The minimum absolute atomic E-state index is 0.203. The molecule has 1 N–H and O–H groups in total. The average Bonchev–Trinajstić information content (AvgIpc) is 2.42. The van der Waals surface area contributed by atoms with Gasteiger partial charge < -0.3 is 14.6 Å². The van der Waals surface area contributed by atoms with Crippen LogP contribution in [-0.4, -0.2) is 35.9 Å².